The van der Waals surface area contributed by atoms with Crippen LogP contribution in [0.5, 0.6) is 11.5 Å². The minimum Gasteiger partial charge on any atom is -0.493 e. The first-order valence-corrected chi connectivity index (χ1v) is 8.80. The number of rotatable bonds is 2. The summed E-state index contributed by atoms with van der Waals surface area (Å²) in [7, 11) is 5.87. The number of ether oxygens (including phenoxy) is 3. The fourth-order valence-electron chi connectivity index (χ4n) is 6.08. The van der Waals surface area contributed by atoms with Gasteiger partial charge in [-0.1, -0.05) is 6.07 Å². The number of benzene rings is 1. The first kappa shape index (κ1) is 14.1. The fourth-order valence-corrected chi connectivity index (χ4v) is 6.08. The summed E-state index contributed by atoms with van der Waals surface area (Å²) in [5.41, 5.74) is 3.05. The second-order valence-electron chi connectivity index (χ2n) is 7.67. The van der Waals surface area contributed by atoms with Crippen LogP contribution in [0.15, 0.2) is 12.1 Å². The highest BCUT2D eigenvalue weighted by atomic mass is 16.6. The van der Waals surface area contributed by atoms with Crippen LogP contribution in [0.1, 0.15) is 30.4 Å². The molecular formula is C19H25NO3. The van der Waals surface area contributed by atoms with Crippen molar-refractivity contribution in [1.29, 1.82) is 0 Å². The average Bonchev–Trinajstić information content (AvgIpc) is 2.92. The normalized spacial score (nSPS) is 40.5. The standard InChI is InChI=1S/C19H25NO3/c1-20-9-8-19-12-5-7-15(22-3)18(19)23-17-14(21-2)6-4-11(16(17)19)10-13(12)20/h4,6,12-13,15,18H,5,7-10H2,1-3H3/t12-,13+,15+,18+,19-/m0/s1. The summed E-state index contributed by atoms with van der Waals surface area (Å²) >= 11 is 0. The van der Waals surface area contributed by atoms with Gasteiger partial charge in [0.25, 0.3) is 0 Å². The highest BCUT2D eigenvalue weighted by Crippen LogP contribution is 2.63. The number of hydrogen-bond acceptors (Lipinski definition) is 4. The van der Waals surface area contributed by atoms with Gasteiger partial charge in [-0.05, 0) is 56.8 Å². The molecule has 4 heteroatoms. The Bertz CT molecular complexity index is 660. The number of nitrogens with zero attached hydrogens (tertiary/aromatic N) is 1. The lowest BCUT2D eigenvalue weighted by atomic mass is 9.51. The molecule has 1 saturated carbocycles. The molecule has 2 aliphatic heterocycles. The molecule has 0 radical (unpaired) electrons. The van der Waals surface area contributed by atoms with Crippen molar-refractivity contribution in [3.05, 3.63) is 23.3 Å². The summed E-state index contributed by atoms with van der Waals surface area (Å²) in [5, 5.41) is 0. The molecule has 2 bridgehead atoms. The molecule has 23 heavy (non-hydrogen) atoms. The van der Waals surface area contributed by atoms with Crippen LogP contribution in [0.3, 0.4) is 0 Å². The Morgan fingerprint density at radius 1 is 1.26 bits per heavy atom. The molecule has 5 atom stereocenters. The smallest absolute Gasteiger partial charge is 0.165 e. The molecule has 0 aromatic heterocycles. The zero-order chi connectivity index (χ0) is 15.8. The topological polar surface area (TPSA) is 30.9 Å². The lowest BCUT2D eigenvalue weighted by Gasteiger charge is -2.58. The Kier molecular flexibility index (Phi) is 2.85. The molecule has 124 valence electrons. The molecule has 0 unspecified atom stereocenters. The van der Waals surface area contributed by atoms with Crippen molar-refractivity contribution in [1.82, 2.24) is 4.90 Å². The summed E-state index contributed by atoms with van der Waals surface area (Å²) in [6, 6.07) is 4.99. The van der Waals surface area contributed by atoms with E-state index in [9.17, 15) is 0 Å². The van der Waals surface area contributed by atoms with E-state index in [1.54, 1.807) is 7.11 Å². The van der Waals surface area contributed by atoms with Crippen molar-refractivity contribution in [2.24, 2.45) is 5.92 Å². The maximum absolute atomic E-state index is 6.57. The quantitative estimate of drug-likeness (QED) is 0.838. The summed E-state index contributed by atoms with van der Waals surface area (Å²) in [6.45, 7) is 1.15. The monoisotopic (exact) mass is 315 g/mol. The molecule has 0 N–H and O–H groups in total. The number of hydrogen-bond donors (Lipinski definition) is 0. The Balaban J connectivity index is 1.77. The van der Waals surface area contributed by atoms with Crippen molar-refractivity contribution < 1.29 is 14.2 Å². The third kappa shape index (κ3) is 1.54. The molecule has 1 spiro atoms. The van der Waals surface area contributed by atoms with E-state index in [1.807, 2.05) is 7.11 Å². The second kappa shape index (κ2) is 4.64. The van der Waals surface area contributed by atoms with Crippen molar-refractivity contribution in [3.63, 3.8) is 0 Å². The van der Waals surface area contributed by atoms with Crippen LogP contribution >= 0.6 is 0 Å². The second-order valence-corrected chi connectivity index (χ2v) is 7.67. The van der Waals surface area contributed by atoms with Gasteiger partial charge in [-0.25, -0.2) is 0 Å². The Morgan fingerprint density at radius 3 is 2.91 bits per heavy atom. The molecule has 0 amide bonds. The van der Waals surface area contributed by atoms with Gasteiger partial charge in [0.1, 0.15) is 6.10 Å². The third-order valence-corrected chi connectivity index (χ3v) is 7.05. The van der Waals surface area contributed by atoms with E-state index in [4.69, 9.17) is 14.2 Å². The van der Waals surface area contributed by atoms with Crippen LogP contribution in [0.4, 0.5) is 0 Å². The summed E-state index contributed by atoms with van der Waals surface area (Å²) < 4.78 is 18.1. The van der Waals surface area contributed by atoms with Crippen LogP contribution in [0.25, 0.3) is 0 Å². The van der Waals surface area contributed by atoms with Crippen molar-refractivity contribution >= 4 is 0 Å². The molecule has 1 aromatic rings. The molecule has 4 aliphatic rings. The Morgan fingerprint density at radius 2 is 2.13 bits per heavy atom. The van der Waals surface area contributed by atoms with E-state index < -0.39 is 0 Å². The largest absolute Gasteiger partial charge is 0.493 e. The van der Waals surface area contributed by atoms with E-state index in [-0.39, 0.29) is 17.6 Å². The molecular weight excluding hydrogens is 290 g/mol. The van der Waals surface area contributed by atoms with Gasteiger partial charge in [-0.15, -0.1) is 0 Å². The van der Waals surface area contributed by atoms with Gasteiger partial charge in [-0.2, -0.15) is 0 Å². The minimum absolute atomic E-state index is 0.132. The average molecular weight is 315 g/mol. The molecule has 5 rings (SSSR count). The van der Waals surface area contributed by atoms with Crippen LogP contribution in [0, 0.1) is 5.92 Å². The Labute approximate surface area is 137 Å². The zero-order valence-corrected chi connectivity index (χ0v) is 14.2. The highest BCUT2D eigenvalue weighted by molar-refractivity contribution is 5.61. The Hall–Kier alpha value is -1.26. The van der Waals surface area contributed by atoms with Crippen LogP contribution < -0.4 is 9.47 Å². The van der Waals surface area contributed by atoms with Crippen LogP contribution in [0.2, 0.25) is 0 Å². The molecule has 2 fully saturated rings. The predicted molar refractivity (Wildman–Crippen MR) is 87.3 cm³/mol. The molecule has 1 saturated heterocycles. The molecule has 2 heterocycles. The number of piperidine rings is 1. The number of likely N-dealkylation sites (N-methyl/N-ethyl adjacent to an activating group) is 1. The number of methoxy groups -OCH3 is 2. The van der Waals surface area contributed by atoms with E-state index in [2.05, 4.69) is 24.1 Å². The molecule has 1 aromatic carbocycles. The van der Waals surface area contributed by atoms with Crippen molar-refractivity contribution in [2.75, 3.05) is 27.8 Å². The highest BCUT2D eigenvalue weighted by Gasteiger charge is 2.65. The number of likely N-dealkylation sites (tertiary alicyclic amines) is 1. The lowest BCUT2D eigenvalue weighted by molar-refractivity contribution is -0.111. The summed E-state index contributed by atoms with van der Waals surface area (Å²) in [5.74, 6) is 2.57. The van der Waals surface area contributed by atoms with Gasteiger partial charge in [0.2, 0.25) is 0 Å². The SMILES string of the molecule is COc1ccc2c3c1O[C@@H]1[C@H](OC)CC[C@H]4[C@@H](C2)N(C)CC[C@]314. The lowest BCUT2D eigenvalue weighted by Crippen LogP contribution is -2.66. The van der Waals surface area contributed by atoms with E-state index in [0.29, 0.717) is 12.0 Å². The van der Waals surface area contributed by atoms with Gasteiger partial charge >= 0.3 is 0 Å². The minimum atomic E-state index is 0.132. The molecule has 2 aliphatic carbocycles. The van der Waals surface area contributed by atoms with Gasteiger partial charge in [0.05, 0.1) is 13.2 Å². The summed E-state index contributed by atoms with van der Waals surface area (Å²) in [6.07, 6.45) is 4.99. The zero-order valence-electron chi connectivity index (χ0n) is 14.2. The summed E-state index contributed by atoms with van der Waals surface area (Å²) in [4.78, 5) is 2.57. The van der Waals surface area contributed by atoms with Crippen molar-refractivity contribution in [3.8, 4) is 11.5 Å². The first-order chi connectivity index (χ1) is 11.2. The van der Waals surface area contributed by atoms with E-state index in [1.165, 1.54) is 24.0 Å². The van der Waals surface area contributed by atoms with Crippen LogP contribution in [-0.4, -0.2) is 51.0 Å². The maximum atomic E-state index is 6.57. The van der Waals surface area contributed by atoms with Gasteiger partial charge in [0, 0.05) is 24.1 Å². The first-order valence-electron chi connectivity index (χ1n) is 8.80. The van der Waals surface area contributed by atoms with Crippen LogP contribution in [-0.2, 0) is 16.6 Å². The van der Waals surface area contributed by atoms with Crippen molar-refractivity contribution in [2.45, 2.75) is 49.3 Å². The van der Waals surface area contributed by atoms with E-state index in [0.717, 1.165) is 30.9 Å². The predicted octanol–water partition coefficient (Wildman–Crippen LogP) is 2.38. The third-order valence-electron chi connectivity index (χ3n) is 7.05. The van der Waals surface area contributed by atoms with Gasteiger partial charge in [-0.3, -0.25) is 0 Å². The van der Waals surface area contributed by atoms with Gasteiger partial charge < -0.3 is 19.1 Å². The fraction of sp³-hybridized carbons (Fsp3) is 0.684. The van der Waals surface area contributed by atoms with Gasteiger partial charge in [0.15, 0.2) is 11.5 Å². The van der Waals surface area contributed by atoms with E-state index >= 15 is 0 Å². The molecule has 4 nitrogen and oxygen atoms in total. The maximum Gasteiger partial charge on any atom is 0.165 e.